The van der Waals surface area contributed by atoms with E-state index in [4.69, 9.17) is 15.2 Å². The van der Waals surface area contributed by atoms with Crippen LogP contribution in [0.15, 0.2) is 30.3 Å². The van der Waals surface area contributed by atoms with Crippen molar-refractivity contribution in [2.24, 2.45) is 17.6 Å². The molecular formula is C27H40N2O11S3. The van der Waals surface area contributed by atoms with Gasteiger partial charge in [0.2, 0.25) is 16.2 Å². The van der Waals surface area contributed by atoms with Gasteiger partial charge in [-0.1, -0.05) is 56.5 Å². The van der Waals surface area contributed by atoms with Gasteiger partial charge in [0.05, 0.1) is 30.6 Å². The zero-order chi connectivity index (χ0) is 32.4. The van der Waals surface area contributed by atoms with E-state index in [0.717, 1.165) is 19.8 Å². The van der Waals surface area contributed by atoms with Gasteiger partial charge in [-0.15, -0.1) is 0 Å². The highest BCUT2D eigenvalue weighted by Gasteiger charge is 2.53. The summed E-state index contributed by atoms with van der Waals surface area (Å²) in [5, 5.41) is 2.51. The largest absolute Gasteiger partial charge is 0.465 e. The summed E-state index contributed by atoms with van der Waals surface area (Å²) in [5.74, 6) is -6.58. The molecule has 43 heavy (non-hydrogen) atoms. The molecule has 2 rings (SSSR count). The summed E-state index contributed by atoms with van der Waals surface area (Å²) >= 11 is 0. The van der Waals surface area contributed by atoms with Crippen molar-refractivity contribution in [1.82, 2.24) is 5.32 Å². The maximum Gasteiger partial charge on any atom is 0.372 e. The molecule has 3 N–H and O–H groups in total. The van der Waals surface area contributed by atoms with Gasteiger partial charge in [0, 0.05) is 18.6 Å². The number of nitrogens with one attached hydrogen (secondary N) is 1. The number of carbonyl (C=O) groups is 3. The minimum Gasteiger partial charge on any atom is -0.465 e. The molecule has 1 aliphatic rings. The predicted octanol–water partition coefficient (Wildman–Crippen LogP) is 0.550. The van der Waals surface area contributed by atoms with E-state index in [1.165, 1.54) is 6.92 Å². The number of carbonyl (C=O) groups excluding carboxylic acids is 3. The molecule has 3 atom stereocenters. The second-order valence-corrected chi connectivity index (χ2v) is 16.1. The Morgan fingerprint density at radius 1 is 1.07 bits per heavy atom. The summed E-state index contributed by atoms with van der Waals surface area (Å²) in [4.78, 5) is 39.7. The van der Waals surface area contributed by atoms with Gasteiger partial charge < -0.3 is 20.5 Å². The molecule has 13 nitrogen and oxygen atoms in total. The Morgan fingerprint density at radius 2 is 1.67 bits per heavy atom. The lowest BCUT2D eigenvalue weighted by atomic mass is 9.80. The summed E-state index contributed by atoms with van der Waals surface area (Å²) in [6, 6.07) is 6.61. The summed E-state index contributed by atoms with van der Waals surface area (Å²) in [5.41, 5.74) is 4.14. The molecule has 1 fully saturated rings. The first kappa shape index (κ1) is 36.4. The van der Waals surface area contributed by atoms with E-state index < -0.39 is 93.5 Å². The SMILES string of the molecule is CCC(=O)OC(NC(=O)C(Cc1ccccc1)CS(=O)(=O)C(C(N)CCS(C)(=O)=O)=S(=O)=O)(C(=O)OC)C1CCCCC1. The van der Waals surface area contributed by atoms with Gasteiger partial charge in [-0.05, 0) is 31.2 Å². The lowest BCUT2D eigenvalue weighted by molar-refractivity contribution is -0.197. The summed E-state index contributed by atoms with van der Waals surface area (Å²) < 4.78 is 83.8. The average Bonchev–Trinajstić information content (AvgIpc) is 2.94. The van der Waals surface area contributed by atoms with E-state index in [0.29, 0.717) is 31.2 Å². The van der Waals surface area contributed by atoms with Crippen LogP contribution in [0.25, 0.3) is 0 Å². The van der Waals surface area contributed by atoms with E-state index in [1.54, 1.807) is 30.3 Å². The van der Waals surface area contributed by atoms with Crippen LogP contribution in [0.1, 0.15) is 57.4 Å². The van der Waals surface area contributed by atoms with Crippen LogP contribution in [0.2, 0.25) is 0 Å². The Labute approximate surface area is 254 Å². The molecule has 0 saturated heterocycles. The molecule has 16 heteroatoms. The highest BCUT2D eigenvalue weighted by atomic mass is 32.2. The fraction of sp³-hybridized carbons (Fsp3) is 0.630. The molecule has 0 heterocycles. The van der Waals surface area contributed by atoms with Crippen LogP contribution in [0.5, 0.6) is 0 Å². The average molecular weight is 665 g/mol. The maximum absolute atomic E-state index is 13.9. The number of hydrogen-bond donors (Lipinski definition) is 2. The fourth-order valence-corrected chi connectivity index (χ4v) is 8.68. The molecule has 1 saturated carbocycles. The lowest BCUT2D eigenvalue weighted by Crippen LogP contribution is -2.64. The maximum atomic E-state index is 13.9. The first-order valence-corrected chi connectivity index (χ1v) is 18.6. The van der Waals surface area contributed by atoms with Gasteiger partial charge in [0.25, 0.3) is 5.72 Å². The predicted molar refractivity (Wildman–Crippen MR) is 160 cm³/mol. The van der Waals surface area contributed by atoms with Crippen molar-refractivity contribution < 1.29 is 49.1 Å². The van der Waals surface area contributed by atoms with E-state index in [2.05, 4.69) is 5.32 Å². The molecule has 1 aromatic rings. The van der Waals surface area contributed by atoms with E-state index in [-0.39, 0.29) is 12.8 Å². The molecule has 1 aliphatic carbocycles. The molecular weight excluding hydrogens is 625 g/mol. The quantitative estimate of drug-likeness (QED) is 0.159. The van der Waals surface area contributed by atoms with Gasteiger partial charge in [0.1, 0.15) is 9.84 Å². The first-order chi connectivity index (χ1) is 20.1. The lowest BCUT2D eigenvalue weighted by Gasteiger charge is -2.40. The summed E-state index contributed by atoms with van der Waals surface area (Å²) in [7, 11) is -10.7. The van der Waals surface area contributed by atoms with Crippen LogP contribution in [0.3, 0.4) is 0 Å². The van der Waals surface area contributed by atoms with Crippen LogP contribution in [-0.2, 0) is 60.2 Å². The van der Waals surface area contributed by atoms with Gasteiger partial charge in [-0.25, -0.2) is 21.6 Å². The van der Waals surface area contributed by atoms with Crippen molar-refractivity contribution in [3.63, 3.8) is 0 Å². The first-order valence-electron chi connectivity index (χ1n) is 13.8. The number of ether oxygens (including phenoxy) is 2. The van der Waals surface area contributed by atoms with Crippen LogP contribution >= 0.6 is 0 Å². The molecule has 1 aromatic carbocycles. The number of benzene rings is 1. The molecule has 0 radical (unpaired) electrons. The molecule has 0 aromatic heterocycles. The van der Waals surface area contributed by atoms with Crippen LogP contribution < -0.4 is 11.1 Å². The number of methoxy groups -OCH3 is 1. The van der Waals surface area contributed by atoms with Crippen molar-refractivity contribution in [2.75, 3.05) is 24.9 Å². The molecule has 3 unspecified atom stereocenters. The van der Waals surface area contributed by atoms with Crippen LogP contribution in [-0.4, -0.2) is 83.9 Å². The standard InChI is InChI=1S/C27H40N2O11S3/c1-4-23(30)40-27(26(32)39-2,21-13-9-6-10-14-21)29-24(31)20(17-19-11-7-5-8-12-19)18-43(37,38)25(41(33)34)22(28)15-16-42(3,35)36/h5,7-8,11-12,20-22H,4,6,9-10,13-18,28H2,1-3H3,(H,29,31). The number of sulfone groups is 2. The van der Waals surface area contributed by atoms with Crippen molar-refractivity contribution in [1.29, 1.82) is 0 Å². The minimum absolute atomic E-state index is 0.123. The Kier molecular flexibility index (Phi) is 13.3. The van der Waals surface area contributed by atoms with Gasteiger partial charge >= 0.3 is 11.9 Å². The van der Waals surface area contributed by atoms with Crippen LogP contribution in [0.4, 0.5) is 0 Å². The highest BCUT2D eigenvalue weighted by Crippen LogP contribution is 2.35. The second-order valence-electron chi connectivity index (χ2n) is 10.6. The third-order valence-corrected chi connectivity index (χ3v) is 11.8. The van der Waals surface area contributed by atoms with E-state index >= 15 is 0 Å². The number of hydrogen-bond acceptors (Lipinski definition) is 12. The summed E-state index contributed by atoms with van der Waals surface area (Å²) in [6.07, 6.45) is 3.14. The molecule has 1 amide bonds. The normalized spacial score (nSPS) is 17.1. The number of amides is 1. The minimum atomic E-state index is -4.79. The van der Waals surface area contributed by atoms with Gasteiger partial charge in [-0.2, -0.15) is 8.42 Å². The van der Waals surface area contributed by atoms with Gasteiger partial charge in [0.15, 0.2) is 14.0 Å². The number of rotatable bonds is 14. The third-order valence-electron chi connectivity index (χ3n) is 7.23. The van der Waals surface area contributed by atoms with E-state index in [9.17, 15) is 39.6 Å². The molecule has 242 valence electrons. The van der Waals surface area contributed by atoms with Crippen molar-refractivity contribution in [3.8, 4) is 0 Å². The molecule has 0 bridgehead atoms. The third kappa shape index (κ3) is 10.4. The van der Waals surface area contributed by atoms with Crippen molar-refractivity contribution in [2.45, 2.75) is 70.1 Å². The Morgan fingerprint density at radius 3 is 2.19 bits per heavy atom. The van der Waals surface area contributed by atoms with Crippen molar-refractivity contribution >= 4 is 52.0 Å². The van der Waals surface area contributed by atoms with Crippen LogP contribution in [0, 0.1) is 11.8 Å². The van der Waals surface area contributed by atoms with Gasteiger partial charge in [-0.3, -0.25) is 9.59 Å². The van der Waals surface area contributed by atoms with Crippen molar-refractivity contribution in [3.05, 3.63) is 35.9 Å². The Balaban J connectivity index is 2.58. The zero-order valence-electron chi connectivity index (χ0n) is 24.5. The topological polar surface area (TPSA) is 210 Å². The monoisotopic (exact) mass is 664 g/mol. The Bertz CT molecular complexity index is 1490. The number of nitrogens with two attached hydrogens (primary N) is 1. The number of esters is 2. The second kappa shape index (κ2) is 15.8. The smallest absolute Gasteiger partial charge is 0.372 e. The Hall–Kier alpha value is -2.82. The molecule has 0 spiro atoms. The van der Waals surface area contributed by atoms with E-state index in [1.807, 2.05) is 0 Å². The molecule has 0 aliphatic heterocycles. The summed E-state index contributed by atoms with van der Waals surface area (Å²) in [6.45, 7) is 1.51. The zero-order valence-corrected chi connectivity index (χ0v) is 26.9. The highest BCUT2D eigenvalue weighted by molar-refractivity contribution is 8.15. The fourth-order valence-electron chi connectivity index (χ4n) is 5.06.